The first-order chi connectivity index (χ1) is 15.9. The van der Waals surface area contributed by atoms with E-state index in [-0.39, 0.29) is 5.69 Å². The molecule has 0 aliphatic rings. The van der Waals surface area contributed by atoms with Crippen LogP contribution in [0.4, 0.5) is 24.7 Å². The molecule has 0 fully saturated rings. The summed E-state index contributed by atoms with van der Waals surface area (Å²) < 4.78 is 44.6. The molecule has 0 amide bonds. The largest absolute Gasteiger partial charge is 0.416 e. The van der Waals surface area contributed by atoms with Crippen LogP contribution in [-0.4, -0.2) is 21.3 Å². The fraction of sp³-hybridized carbons (Fsp3) is 0.125. The number of nitrogens with one attached hydrogen (secondary N) is 3. The summed E-state index contributed by atoms with van der Waals surface area (Å²) in [5, 5.41) is 14.6. The molecule has 0 aliphatic carbocycles. The van der Waals surface area contributed by atoms with Gasteiger partial charge in [-0.05, 0) is 54.3 Å². The van der Waals surface area contributed by atoms with Gasteiger partial charge in [-0.25, -0.2) is 4.98 Å². The minimum atomic E-state index is -4.44. The van der Waals surface area contributed by atoms with Crippen molar-refractivity contribution in [3.63, 3.8) is 0 Å². The first-order valence-corrected chi connectivity index (χ1v) is 9.98. The predicted molar refractivity (Wildman–Crippen MR) is 120 cm³/mol. The smallest absolute Gasteiger partial charge is 0.353 e. The molecule has 0 radical (unpaired) electrons. The van der Waals surface area contributed by atoms with Crippen molar-refractivity contribution in [1.29, 1.82) is 5.41 Å². The molecule has 0 unspecified atom stereocenters. The van der Waals surface area contributed by atoms with Gasteiger partial charge in [0.15, 0.2) is 11.4 Å². The average Bonchev–Trinajstić information content (AvgIpc) is 3.42. The van der Waals surface area contributed by atoms with Crippen LogP contribution in [0.5, 0.6) is 0 Å². The van der Waals surface area contributed by atoms with E-state index >= 15 is 0 Å². The van der Waals surface area contributed by atoms with E-state index in [1.807, 2.05) is 19.1 Å². The van der Waals surface area contributed by atoms with Crippen molar-refractivity contribution < 1.29 is 17.7 Å². The van der Waals surface area contributed by atoms with E-state index in [0.29, 0.717) is 40.3 Å². The van der Waals surface area contributed by atoms with Gasteiger partial charge in [-0.3, -0.25) is 0 Å². The first kappa shape index (κ1) is 21.9. The van der Waals surface area contributed by atoms with E-state index < -0.39 is 11.7 Å². The number of aryl methyl sites for hydroxylation is 1. The van der Waals surface area contributed by atoms with Gasteiger partial charge in [-0.1, -0.05) is 30.1 Å². The number of nitrogens with zero attached hydrogens (tertiary/aromatic N) is 2. The molecule has 0 saturated heterocycles. The molecule has 0 atom stereocenters. The first-order valence-electron chi connectivity index (χ1n) is 9.98. The van der Waals surface area contributed by atoms with Gasteiger partial charge < -0.3 is 20.2 Å². The second kappa shape index (κ2) is 9.04. The van der Waals surface area contributed by atoms with Crippen LogP contribution in [0.25, 0.3) is 17.0 Å². The van der Waals surface area contributed by atoms with Crippen molar-refractivity contribution in [1.82, 2.24) is 15.1 Å². The highest BCUT2D eigenvalue weighted by atomic mass is 19.4. The van der Waals surface area contributed by atoms with Crippen LogP contribution in [0.2, 0.25) is 0 Å². The Hall–Kier alpha value is -4.32. The summed E-state index contributed by atoms with van der Waals surface area (Å²) >= 11 is 0. The lowest BCUT2D eigenvalue weighted by Crippen LogP contribution is -2.05. The number of rotatable bonds is 5. The molecule has 0 saturated carbocycles. The van der Waals surface area contributed by atoms with Gasteiger partial charge in [0.25, 0.3) is 0 Å². The molecule has 9 heteroatoms. The number of aromatic amines is 1. The van der Waals surface area contributed by atoms with E-state index in [4.69, 9.17) is 9.93 Å². The standard InChI is InChI=1S/C24H18F3N5O/c1-2-15-8-10-20-22(19(15)11-9-18-14-29-21(30-18)7-4-12-28)33-32-23(20)31-17-6-3-5-16(13-17)24(25,26)27/h3-8,10,12-14,28H,2H2,1H3,(H,29,30)(H,31,32)/b7-4-,28-12?. The Morgan fingerprint density at radius 1 is 1.21 bits per heavy atom. The maximum Gasteiger partial charge on any atom is 0.416 e. The molecule has 2 aromatic carbocycles. The van der Waals surface area contributed by atoms with Crippen LogP contribution in [-0.2, 0) is 12.6 Å². The molecule has 6 nitrogen and oxygen atoms in total. The minimum absolute atomic E-state index is 0.246. The topological polar surface area (TPSA) is 90.6 Å². The van der Waals surface area contributed by atoms with Gasteiger partial charge in [-0.15, -0.1) is 0 Å². The lowest BCUT2D eigenvalue weighted by Gasteiger charge is -2.09. The third-order valence-electron chi connectivity index (χ3n) is 4.83. The number of fused-ring (bicyclic) bond motifs is 1. The van der Waals surface area contributed by atoms with Crippen molar-refractivity contribution in [2.24, 2.45) is 0 Å². The fourth-order valence-electron chi connectivity index (χ4n) is 3.23. The number of benzene rings is 2. The van der Waals surface area contributed by atoms with Gasteiger partial charge in [0.1, 0.15) is 11.5 Å². The zero-order valence-corrected chi connectivity index (χ0v) is 17.4. The van der Waals surface area contributed by atoms with Crippen molar-refractivity contribution in [3.8, 4) is 11.8 Å². The number of aromatic nitrogens is 3. The Balaban J connectivity index is 1.69. The van der Waals surface area contributed by atoms with Crippen LogP contribution in [0.3, 0.4) is 0 Å². The Labute approximate surface area is 187 Å². The predicted octanol–water partition coefficient (Wildman–Crippen LogP) is 5.94. The lowest BCUT2D eigenvalue weighted by molar-refractivity contribution is -0.137. The van der Waals surface area contributed by atoms with Gasteiger partial charge in [-0.2, -0.15) is 13.2 Å². The molecule has 0 bridgehead atoms. The van der Waals surface area contributed by atoms with Crippen LogP contribution >= 0.6 is 0 Å². The quantitative estimate of drug-likeness (QED) is 0.260. The molecule has 3 N–H and O–H groups in total. The average molecular weight is 449 g/mol. The molecule has 4 aromatic rings. The number of alkyl halides is 3. The summed E-state index contributed by atoms with van der Waals surface area (Å²) in [6.07, 6.45) is 2.19. The summed E-state index contributed by atoms with van der Waals surface area (Å²) in [6.45, 7) is 1.99. The van der Waals surface area contributed by atoms with E-state index in [9.17, 15) is 13.2 Å². The molecule has 0 aliphatic heterocycles. The zero-order valence-electron chi connectivity index (χ0n) is 17.4. The number of halogens is 3. The monoisotopic (exact) mass is 449 g/mol. The third-order valence-corrected chi connectivity index (χ3v) is 4.83. The molecular weight excluding hydrogens is 431 g/mol. The fourth-order valence-corrected chi connectivity index (χ4v) is 3.23. The van der Waals surface area contributed by atoms with E-state index in [1.165, 1.54) is 12.1 Å². The molecule has 166 valence electrons. The van der Waals surface area contributed by atoms with Crippen molar-refractivity contribution in [2.45, 2.75) is 19.5 Å². The summed E-state index contributed by atoms with van der Waals surface area (Å²) in [4.78, 5) is 7.21. The zero-order chi connectivity index (χ0) is 23.4. The second-order valence-electron chi connectivity index (χ2n) is 7.02. The Bertz CT molecular complexity index is 1400. The summed E-state index contributed by atoms with van der Waals surface area (Å²) in [5.74, 6) is 6.99. The molecule has 2 aromatic heterocycles. The molecule has 0 spiro atoms. The second-order valence-corrected chi connectivity index (χ2v) is 7.02. The van der Waals surface area contributed by atoms with Crippen LogP contribution in [0.1, 0.15) is 35.1 Å². The SMILES string of the molecule is CCc1ccc2c(Nc3cccc(C(F)(F)F)c3)noc2c1C#Cc1cnc(/C=C\C=N)[nH]1. The number of hydrogen-bond donors (Lipinski definition) is 3. The Kier molecular flexibility index (Phi) is 6.00. The van der Waals surface area contributed by atoms with E-state index in [0.717, 1.165) is 23.9 Å². The lowest BCUT2D eigenvalue weighted by atomic mass is 10.0. The highest BCUT2D eigenvalue weighted by Gasteiger charge is 2.30. The van der Waals surface area contributed by atoms with Crippen LogP contribution in [0.15, 0.2) is 53.2 Å². The number of hydrogen-bond acceptors (Lipinski definition) is 5. The maximum atomic E-state index is 13.0. The number of H-pyrrole nitrogens is 1. The van der Waals surface area contributed by atoms with Gasteiger partial charge in [0.05, 0.1) is 22.7 Å². The minimum Gasteiger partial charge on any atom is -0.353 e. The third kappa shape index (κ3) is 4.80. The normalized spacial score (nSPS) is 11.5. The van der Waals surface area contributed by atoms with Crippen molar-refractivity contribution >= 4 is 34.8 Å². The molecular formula is C24H18F3N5O. The maximum absolute atomic E-state index is 13.0. The number of anilines is 2. The van der Waals surface area contributed by atoms with E-state index in [1.54, 1.807) is 18.3 Å². The van der Waals surface area contributed by atoms with Crippen molar-refractivity contribution in [2.75, 3.05) is 5.32 Å². The molecule has 2 heterocycles. The highest BCUT2D eigenvalue weighted by Crippen LogP contribution is 2.33. The summed E-state index contributed by atoms with van der Waals surface area (Å²) in [7, 11) is 0. The summed E-state index contributed by atoms with van der Waals surface area (Å²) in [6, 6.07) is 8.59. The Morgan fingerprint density at radius 2 is 2.06 bits per heavy atom. The number of allylic oxidation sites excluding steroid dienone is 1. The highest BCUT2D eigenvalue weighted by molar-refractivity contribution is 5.94. The van der Waals surface area contributed by atoms with Gasteiger partial charge >= 0.3 is 6.18 Å². The van der Waals surface area contributed by atoms with Crippen LogP contribution in [0, 0.1) is 17.3 Å². The Morgan fingerprint density at radius 3 is 2.82 bits per heavy atom. The number of imidazole rings is 1. The van der Waals surface area contributed by atoms with Crippen LogP contribution < -0.4 is 5.32 Å². The van der Waals surface area contributed by atoms with E-state index in [2.05, 4.69) is 32.3 Å². The molecule has 4 rings (SSSR count). The van der Waals surface area contributed by atoms with Gasteiger partial charge in [0, 0.05) is 11.9 Å². The molecule has 33 heavy (non-hydrogen) atoms. The van der Waals surface area contributed by atoms with Gasteiger partial charge in [0.2, 0.25) is 0 Å². The van der Waals surface area contributed by atoms with Crippen molar-refractivity contribution in [3.05, 3.63) is 76.9 Å². The summed E-state index contributed by atoms with van der Waals surface area (Å²) in [5.41, 5.74) is 2.11.